The van der Waals surface area contributed by atoms with Crippen LogP contribution < -0.4 is 5.32 Å². The van der Waals surface area contributed by atoms with Crippen LogP contribution in [0, 0.1) is 6.92 Å². The summed E-state index contributed by atoms with van der Waals surface area (Å²) >= 11 is 6.05. The van der Waals surface area contributed by atoms with Gasteiger partial charge in [-0.15, -0.1) is 0 Å². The average molecular weight is 343 g/mol. The van der Waals surface area contributed by atoms with Crippen molar-refractivity contribution in [2.24, 2.45) is 0 Å². The molecule has 3 aromatic rings. The normalized spacial score (nSPS) is 12.3. The zero-order chi connectivity index (χ0) is 17.1. The lowest BCUT2D eigenvalue weighted by molar-refractivity contribution is -0.120. The molecule has 0 aliphatic heterocycles. The Morgan fingerprint density at radius 2 is 2.08 bits per heavy atom. The maximum Gasteiger partial charge on any atom is 0.224 e. The van der Waals surface area contributed by atoms with Crippen molar-refractivity contribution in [3.05, 3.63) is 70.4 Å². The van der Waals surface area contributed by atoms with Crippen LogP contribution in [0.1, 0.15) is 22.8 Å². The highest BCUT2D eigenvalue weighted by Gasteiger charge is 2.14. The molecule has 1 atom stereocenters. The summed E-state index contributed by atoms with van der Waals surface area (Å²) in [5.41, 5.74) is 3.74. The molecule has 0 saturated carbocycles. The number of nitrogens with one attached hydrogen (secondary N) is 2. The van der Waals surface area contributed by atoms with Crippen molar-refractivity contribution in [2.45, 2.75) is 19.4 Å². The Hall–Kier alpha value is -2.30. The molecule has 124 valence electrons. The molecule has 0 aliphatic carbocycles. The summed E-state index contributed by atoms with van der Waals surface area (Å²) in [6.07, 6.45) is 1.29. The second kappa shape index (κ2) is 7.07. The fraction of sp³-hybridized carbons (Fsp3) is 0.211. The van der Waals surface area contributed by atoms with E-state index in [1.807, 2.05) is 25.3 Å². The summed E-state index contributed by atoms with van der Waals surface area (Å²) in [4.78, 5) is 15.4. The van der Waals surface area contributed by atoms with E-state index >= 15 is 0 Å². The largest absolute Gasteiger partial charge is 0.387 e. The van der Waals surface area contributed by atoms with Crippen molar-refractivity contribution in [3.63, 3.8) is 0 Å². The van der Waals surface area contributed by atoms with Crippen LogP contribution in [0.25, 0.3) is 10.9 Å². The topological polar surface area (TPSA) is 65.1 Å². The van der Waals surface area contributed by atoms with E-state index in [0.29, 0.717) is 10.6 Å². The Morgan fingerprint density at radius 3 is 2.88 bits per heavy atom. The van der Waals surface area contributed by atoms with Crippen LogP contribution in [0.5, 0.6) is 0 Å². The summed E-state index contributed by atoms with van der Waals surface area (Å²) in [7, 11) is 0. The van der Waals surface area contributed by atoms with Gasteiger partial charge in [-0.25, -0.2) is 0 Å². The number of benzene rings is 2. The van der Waals surface area contributed by atoms with Gasteiger partial charge in [0, 0.05) is 34.2 Å². The molecule has 3 rings (SSSR count). The molecule has 24 heavy (non-hydrogen) atoms. The van der Waals surface area contributed by atoms with Gasteiger partial charge in [0.25, 0.3) is 0 Å². The van der Waals surface area contributed by atoms with Gasteiger partial charge < -0.3 is 15.4 Å². The molecule has 0 bridgehead atoms. The van der Waals surface area contributed by atoms with Crippen LogP contribution in [0.15, 0.2) is 48.7 Å². The number of aromatic nitrogens is 1. The first-order valence-electron chi connectivity index (χ1n) is 7.80. The molecular formula is C19H19ClN2O2. The van der Waals surface area contributed by atoms with E-state index in [9.17, 15) is 9.90 Å². The fourth-order valence-corrected chi connectivity index (χ4v) is 3.01. The molecule has 4 nitrogen and oxygen atoms in total. The number of aliphatic hydroxyl groups excluding tert-OH is 1. The van der Waals surface area contributed by atoms with Crippen molar-refractivity contribution in [1.82, 2.24) is 10.3 Å². The highest BCUT2D eigenvalue weighted by Crippen LogP contribution is 2.22. The Bertz CT molecular complexity index is 873. The number of carbonyl (C=O) groups is 1. The first-order valence-corrected chi connectivity index (χ1v) is 8.18. The third-order valence-electron chi connectivity index (χ3n) is 4.03. The molecule has 3 N–H and O–H groups in total. The summed E-state index contributed by atoms with van der Waals surface area (Å²) in [6, 6.07) is 13.2. The Labute approximate surface area is 145 Å². The molecule has 0 saturated heterocycles. The van der Waals surface area contributed by atoms with Crippen molar-refractivity contribution < 1.29 is 9.90 Å². The third kappa shape index (κ3) is 3.61. The molecule has 5 heteroatoms. The second-order valence-electron chi connectivity index (χ2n) is 5.88. The van der Waals surface area contributed by atoms with E-state index in [2.05, 4.69) is 16.4 Å². The van der Waals surface area contributed by atoms with Crippen molar-refractivity contribution >= 4 is 28.4 Å². The van der Waals surface area contributed by atoms with Crippen LogP contribution >= 0.6 is 11.6 Å². The smallest absolute Gasteiger partial charge is 0.224 e. The number of fused-ring (bicyclic) bond motifs is 1. The number of aromatic amines is 1. The minimum absolute atomic E-state index is 0.129. The highest BCUT2D eigenvalue weighted by molar-refractivity contribution is 6.31. The van der Waals surface area contributed by atoms with Crippen LogP contribution in [0.4, 0.5) is 0 Å². The molecular weight excluding hydrogens is 324 g/mol. The number of hydrogen-bond donors (Lipinski definition) is 3. The molecule has 0 radical (unpaired) electrons. The number of aliphatic hydroxyl groups is 1. The number of H-pyrrole nitrogens is 1. The molecule has 0 fully saturated rings. The van der Waals surface area contributed by atoms with E-state index in [-0.39, 0.29) is 18.9 Å². The van der Waals surface area contributed by atoms with Gasteiger partial charge in [0.2, 0.25) is 5.91 Å². The summed E-state index contributed by atoms with van der Waals surface area (Å²) < 4.78 is 0. The van der Waals surface area contributed by atoms with E-state index in [1.165, 1.54) is 5.56 Å². The predicted molar refractivity (Wildman–Crippen MR) is 96.2 cm³/mol. The van der Waals surface area contributed by atoms with Gasteiger partial charge in [-0.1, -0.05) is 41.9 Å². The number of aryl methyl sites for hydroxylation is 1. The van der Waals surface area contributed by atoms with Gasteiger partial charge in [0.1, 0.15) is 0 Å². The lowest BCUT2D eigenvalue weighted by atomic mass is 10.1. The maximum absolute atomic E-state index is 12.2. The Balaban J connectivity index is 1.62. The van der Waals surface area contributed by atoms with Gasteiger partial charge in [0.15, 0.2) is 0 Å². The van der Waals surface area contributed by atoms with Gasteiger partial charge in [-0.05, 0) is 30.2 Å². The van der Waals surface area contributed by atoms with Crippen molar-refractivity contribution in [2.75, 3.05) is 6.54 Å². The molecule has 1 unspecified atom stereocenters. The van der Waals surface area contributed by atoms with E-state index in [0.717, 1.165) is 16.5 Å². The zero-order valence-electron chi connectivity index (χ0n) is 13.3. The van der Waals surface area contributed by atoms with Gasteiger partial charge in [-0.3, -0.25) is 4.79 Å². The molecule has 1 amide bonds. The van der Waals surface area contributed by atoms with Gasteiger partial charge in [0.05, 0.1) is 12.5 Å². The molecule has 0 spiro atoms. The Morgan fingerprint density at radius 1 is 1.29 bits per heavy atom. The quantitative estimate of drug-likeness (QED) is 0.664. The minimum Gasteiger partial charge on any atom is -0.387 e. The molecule has 1 heterocycles. The number of hydrogen-bond acceptors (Lipinski definition) is 2. The minimum atomic E-state index is -0.826. The molecule has 0 aliphatic rings. The SMILES string of the molecule is Cc1ccc2c(CC(=O)NCC(O)c3ccccc3Cl)c[nH]c2c1. The Kier molecular flexibility index (Phi) is 4.88. The van der Waals surface area contributed by atoms with Crippen molar-refractivity contribution in [1.29, 1.82) is 0 Å². The zero-order valence-corrected chi connectivity index (χ0v) is 14.1. The van der Waals surface area contributed by atoms with Crippen LogP contribution in [-0.4, -0.2) is 22.5 Å². The number of rotatable bonds is 5. The molecule has 2 aromatic carbocycles. The van der Waals surface area contributed by atoms with E-state index in [4.69, 9.17) is 11.6 Å². The lowest BCUT2D eigenvalue weighted by Crippen LogP contribution is -2.29. The third-order valence-corrected chi connectivity index (χ3v) is 4.37. The van der Waals surface area contributed by atoms with Crippen molar-refractivity contribution in [3.8, 4) is 0 Å². The summed E-state index contributed by atoms with van der Waals surface area (Å²) in [6.45, 7) is 2.16. The second-order valence-corrected chi connectivity index (χ2v) is 6.29. The van der Waals surface area contributed by atoms with Crippen LogP contribution in [-0.2, 0) is 11.2 Å². The maximum atomic E-state index is 12.2. The number of halogens is 1. The van der Waals surface area contributed by atoms with Crippen LogP contribution in [0.3, 0.4) is 0 Å². The van der Waals surface area contributed by atoms with Crippen LogP contribution in [0.2, 0.25) is 5.02 Å². The predicted octanol–water partition coefficient (Wildman–Crippen LogP) is 3.52. The van der Waals surface area contributed by atoms with Gasteiger partial charge in [-0.2, -0.15) is 0 Å². The summed E-state index contributed by atoms with van der Waals surface area (Å²) in [5, 5.41) is 14.5. The first kappa shape index (κ1) is 16.6. The number of carbonyl (C=O) groups excluding carboxylic acids is 1. The van der Waals surface area contributed by atoms with E-state index < -0.39 is 6.10 Å². The summed E-state index contributed by atoms with van der Waals surface area (Å²) in [5.74, 6) is -0.137. The fourth-order valence-electron chi connectivity index (χ4n) is 2.75. The average Bonchev–Trinajstić information content (AvgIpc) is 2.95. The monoisotopic (exact) mass is 342 g/mol. The lowest BCUT2D eigenvalue weighted by Gasteiger charge is -2.13. The highest BCUT2D eigenvalue weighted by atomic mass is 35.5. The first-order chi connectivity index (χ1) is 11.5. The standard InChI is InChI=1S/C19H19ClN2O2/c1-12-6-7-14-13(10-21-17(14)8-12)9-19(24)22-11-18(23)15-4-2-3-5-16(15)20/h2-8,10,18,21,23H,9,11H2,1H3,(H,22,24). The molecule has 1 aromatic heterocycles. The van der Waals surface area contributed by atoms with Gasteiger partial charge >= 0.3 is 0 Å². The number of amides is 1. The van der Waals surface area contributed by atoms with E-state index in [1.54, 1.807) is 24.3 Å².